The number of hydrogen-bond acceptors (Lipinski definition) is 4. The van der Waals surface area contributed by atoms with Crippen LogP contribution in [-0.2, 0) is 6.54 Å². The number of nitrogens with zero attached hydrogens (tertiary/aromatic N) is 2. The number of aryl methyl sites for hydroxylation is 1. The third-order valence-corrected chi connectivity index (χ3v) is 4.15. The predicted molar refractivity (Wildman–Crippen MR) is 85.4 cm³/mol. The van der Waals surface area contributed by atoms with Gasteiger partial charge in [0.05, 0.1) is 28.5 Å². The summed E-state index contributed by atoms with van der Waals surface area (Å²) in [4.78, 5) is 21.6. The zero-order valence-corrected chi connectivity index (χ0v) is 12.7. The molecular weight excluding hydrogens is 284 g/mol. The first-order valence-corrected chi connectivity index (χ1v) is 7.46. The topological polar surface area (TPSA) is 75.0 Å². The van der Waals surface area contributed by atoms with E-state index in [1.165, 1.54) is 0 Å². The average molecular weight is 300 g/mol. The smallest absolute Gasteiger partial charge is 0.270 e. The maximum atomic E-state index is 12.5. The van der Waals surface area contributed by atoms with Crippen molar-refractivity contribution in [3.63, 3.8) is 0 Å². The first kappa shape index (κ1) is 13.6. The molecule has 0 unspecified atom stereocenters. The highest BCUT2D eigenvalue weighted by molar-refractivity contribution is 7.09. The van der Waals surface area contributed by atoms with Crippen LogP contribution in [0.3, 0.4) is 0 Å². The number of amides is 1. The highest BCUT2D eigenvalue weighted by Crippen LogP contribution is 2.22. The molecule has 0 saturated heterocycles. The van der Waals surface area contributed by atoms with Crippen LogP contribution < -0.4 is 5.73 Å². The average Bonchev–Trinajstić information content (AvgIpc) is 3.05. The van der Waals surface area contributed by atoms with Gasteiger partial charge in [-0.1, -0.05) is 12.1 Å². The molecule has 0 aliphatic heterocycles. The van der Waals surface area contributed by atoms with Crippen LogP contribution in [0, 0.1) is 6.92 Å². The molecule has 2 heterocycles. The lowest BCUT2D eigenvalue weighted by atomic mass is 10.2. The number of thiazole rings is 1. The molecule has 0 aliphatic rings. The lowest BCUT2D eigenvalue weighted by Gasteiger charge is -2.14. The van der Waals surface area contributed by atoms with Gasteiger partial charge in [0.15, 0.2) is 0 Å². The minimum atomic E-state index is -0.0729. The summed E-state index contributed by atoms with van der Waals surface area (Å²) in [5.41, 5.74) is 8.80. The highest BCUT2D eigenvalue weighted by Gasteiger charge is 2.16. The monoisotopic (exact) mass is 300 g/mol. The summed E-state index contributed by atoms with van der Waals surface area (Å²) in [6.45, 7) is 2.45. The Morgan fingerprint density at radius 1 is 1.48 bits per heavy atom. The quantitative estimate of drug-likeness (QED) is 0.730. The molecule has 0 bridgehead atoms. The van der Waals surface area contributed by atoms with E-state index < -0.39 is 0 Å². The van der Waals surface area contributed by atoms with Gasteiger partial charge >= 0.3 is 0 Å². The summed E-state index contributed by atoms with van der Waals surface area (Å²) in [5.74, 6) is -0.0729. The number of anilines is 1. The van der Waals surface area contributed by atoms with Crippen molar-refractivity contribution in [2.45, 2.75) is 13.5 Å². The van der Waals surface area contributed by atoms with Crippen LogP contribution in [0.15, 0.2) is 29.6 Å². The Bertz CT molecular complexity index is 805. The first-order valence-electron chi connectivity index (χ1n) is 6.58. The number of H-pyrrole nitrogens is 1. The van der Waals surface area contributed by atoms with Crippen molar-refractivity contribution < 1.29 is 4.79 Å². The Labute approximate surface area is 126 Å². The summed E-state index contributed by atoms with van der Waals surface area (Å²) >= 11 is 1.59. The molecule has 6 heteroatoms. The van der Waals surface area contributed by atoms with Crippen LogP contribution >= 0.6 is 11.3 Å². The zero-order chi connectivity index (χ0) is 15.0. The van der Waals surface area contributed by atoms with Gasteiger partial charge in [-0.15, -0.1) is 11.3 Å². The van der Waals surface area contributed by atoms with E-state index in [1.54, 1.807) is 23.3 Å². The standard InChI is InChI=1S/C15H16N4OS/c1-9-17-11(8-21-9)7-19(2)15(20)13-6-10-4-3-5-12(16)14(10)18-13/h3-6,8,18H,7,16H2,1-2H3. The number of fused-ring (bicyclic) bond motifs is 1. The third-order valence-electron chi connectivity index (χ3n) is 3.33. The second-order valence-electron chi connectivity index (χ2n) is 5.01. The van der Waals surface area contributed by atoms with E-state index in [-0.39, 0.29) is 5.91 Å². The van der Waals surface area contributed by atoms with Crippen LogP contribution in [-0.4, -0.2) is 27.8 Å². The van der Waals surface area contributed by atoms with E-state index >= 15 is 0 Å². The molecule has 0 fully saturated rings. The largest absolute Gasteiger partial charge is 0.397 e. The van der Waals surface area contributed by atoms with Crippen molar-refractivity contribution in [3.8, 4) is 0 Å². The Morgan fingerprint density at radius 3 is 2.95 bits per heavy atom. The molecule has 3 rings (SSSR count). The van der Waals surface area contributed by atoms with Gasteiger partial charge in [0.2, 0.25) is 0 Å². The van der Waals surface area contributed by atoms with Crippen LogP contribution in [0.5, 0.6) is 0 Å². The number of nitrogen functional groups attached to an aromatic ring is 1. The van der Waals surface area contributed by atoms with Crippen molar-refractivity contribution in [3.05, 3.63) is 46.0 Å². The van der Waals surface area contributed by atoms with E-state index in [0.717, 1.165) is 21.6 Å². The molecule has 5 nitrogen and oxygen atoms in total. The lowest BCUT2D eigenvalue weighted by Crippen LogP contribution is -2.26. The molecule has 0 radical (unpaired) electrons. The fourth-order valence-electron chi connectivity index (χ4n) is 2.30. The Balaban J connectivity index is 1.84. The van der Waals surface area contributed by atoms with Crippen LogP contribution in [0.25, 0.3) is 10.9 Å². The minimum Gasteiger partial charge on any atom is -0.397 e. The second-order valence-corrected chi connectivity index (χ2v) is 6.08. The van der Waals surface area contributed by atoms with E-state index in [9.17, 15) is 4.79 Å². The molecule has 3 aromatic rings. The molecule has 0 aliphatic carbocycles. The summed E-state index contributed by atoms with van der Waals surface area (Å²) in [6, 6.07) is 7.45. The van der Waals surface area contributed by atoms with E-state index in [1.807, 2.05) is 36.6 Å². The summed E-state index contributed by atoms with van der Waals surface area (Å²) < 4.78 is 0. The molecular formula is C15H16N4OS. The van der Waals surface area contributed by atoms with Gasteiger partial charge in [-0.25, -0.2) is 4.98 Å². The summed E-state index contributed by atoms with van der Waals surface area (Å²) in [6.07, 6.45) is 0. The number of benzene rings is 1. The van der Waals surface area contributed by atoms with Gasteiger partial charge in [-0.2, -0.15) is 0 Å². The number of para-hydroxylation sites is 1. The molecule has 21 heavy (non-hydrogen) atoms. The molecule has 1 aromatic carbocycles. The SMILES string of the molecule is Cc1nc(CN(C)C(=O)c2cc3cccc(N)c3[nH]2)cs1. The molecule has 2 aromatic heterocycles. The van der Waals surface area contributed by atoms with Gasteiger partial charge in [0, 0.05) is 17.8 Å². The predicted octanol–water partition coefficient (Wildman–Crippen LogP) is 2.79. The Morgan fingerprint density at radius 2 is 2.29 bits per heavy atom. The molecule has 3 N–H and O–H groups in total. The molecule has 0 spiro atoms. The van der Waals surface area contributed by atoms with E-state index in [0.29, 0.717) is 17.9 Å². The Hall–Kier alpha value is -2.34. The zero-order valence-electron chi connectivity index (χ0n) is 11.9. The maximum Gasteiger partial charge on any atom is 0.270 e. The van der Waals surface area contributed by atoms with Crippen LogP contribution in [0.2, 0.25) is 0 Å². The van der Waals surface area contributed by atoms with E-state index in [4.69, 9.17) is 5.73 Å². The number of aromatic amines is 1. The number of carbonyl (C=O) groups is 1. The third kappa shape index (κ3) is 2.62. The molecule has 0 atom stereocenters. The van der Waals surface area contributed by atoms with Crippen molar-refractivity contribution in [2.75, 3.05) is 12.8 Å². The molecule has 0 saturated carbocycles. The number of carbonyl (C=O) groups excluding carboxylic acids is 1. The van der Waals surface area contributed by atoms with Crippen molar-refractivity contribution in [2.24, 2.45) is 0 Å². The number of aromatic nitrogens is 2. The van der Waals surface area contributed by atoms with Gasteiger partial charge in [0.25, 0.3) is 5.91 Å². The number of hydrogen-bond donors (Lipinski definition) is 2. The van der Waals surface area contributed by atoms with Gasteiger partial charge in [0.1, 0.15) is 5.69 Å². The van der Waals surface area contributed by atoms with Crippen molar-refractivity contribution in [1.29, 1.82) is 0 Å². The number of rotatable bonds is 3. The molecule has 1 amide bonds. The van der Waals surface area contributed by atoms with Gasteiger partial charge < -0.3 is 15.6 Å². The lowest BCUT2D eigenvalue weighted by molar-refractivity contribution is 0.0779. The first-order chi connectivity index (χ1) is 10.0. The normalized spacial score (nSPS) is 11.0. The maximum absolute atomic E-state index is 12.5. The fourth-order valence-corrected chi connectivity index (χ4v) is 2.90. The molecule has 108 valence electrons. The summed E-state index contributed by atoms with van der Waals surface area (Å²) in [7, 11) is 1.77. The Kier molecular flexibility index (Phi) is 3.39. The number of nitrogens with two attached hydrogens (primary N) is 1. The number of nitrogens with one attached hydrogen (secondary N) is 1. The van der Waals surface area contributed by atoms with Gasteiger partial charge in [-0.05, 0) is 19.1 Å². The van der Waals surface area contributed by atoms with Crippen molar-refractivity contribution >= 4 is 33.8 Å². The van der Waals surface area contributed by atoms with Crippen LogP contribution in [0.4, 0.5) is 5.69 Å². The second kappa shape index (κ2) is 5.21. The fraction of sp³-hybridized carbons (Fsp3) is 0.200. The van der Waals surface area contributed by atoms with Crippen molar-refractivity contribution in [1.82, 2.24) is 14.9 Å². The van der Waals surface area contributed by atoms with E-state index in [2.05, 4.69) is 9.97 Å². The van der Waals surface area contributed by atoms with Gasteiger partial charge in [-0.3, -0.25) is 4.79 Å². The minimum absolute atomic E-state index is 0.0729. The van der Waals surface area contributed by atoms with Crippen LogP contribution in [0.1, 0.15) is 21.2 Å². The highest BCUT2D eigenvalue weighted by atomic mass is 32.1. The summed E-state index contributed by atoms with van der Waals surface area (Å²) in [5, 5.41) is 3.92.